The van der Waals surface area contributed by atoms with E-state index in [0.717, 1.165) is 17.7 Å². The van der Waals surface area contributed by atoms with Crippen LogP contribution in [0.2, 0.25) is 0 Å². The fourth-order valence-electron chi connectivity index (χ4n) is 2.84. The number of aromatic nitrogens is 2. The Morgan fingerprint density at radius 3 is 2.92 bits per heavy atom. The molecule has 0 saturated carbocycles. The Labute approximate surface area is 141 Å². The molecule has 3 nitrogen and oxygen atoms in total. The smallest absolute Gasteiger partial charge is 0.123 e. The van der Waals surface area contributed by atoms with Crippen LogP contribution in [0, 0.1) is 5.82 Å². The molecular weight excluding hydrogens is 303 g/mol. The first-order chi connectivity index (χ1) is 11.5. The molecule has 1 aromatic carbocycles. The number of halogens is 1. The van der Waals surface area contributed by atoms with Crippen molar-refractivity contribution < 1.29 is 9.50 Å². The highest BCUT2D eigenvalue weighted by molar-refractivity contribution is 5.72. The number of nitrogens with zero attached hydrogens (tertiary/aromatic N) is 2. The van der Waals surface area contributed by atoms with E-state index in [0.29, 0.717) is 12.1 Å². The lowest BCUT2D eigenvalue weighted by molar-refractivity contribution is 0.449. The summed E-state index contributed by atoms with van der Waals surface area (Å²) < 4.78 is 15.2. The van der Waals surface area contributed by atoms with Gasteiger partial charge in [0.15, 0.2) is 0 Å². The van der Waals surface area contributed by atoms with E-state index in [-0.39, 0.29) is 17.5 Å². The molecule has 4 heteroatoms. The van der Waals surface area contributed by atoms with Gasteiger partial charge in [-0.25, -0.2) is 4.39 Å². The summed E-state index contributed by atoms with van der Waals surface area (Å²) in [5.74, 6) is -0.268. The molecule has 1 N–H and O–H groups in total. The summed E-state index contributed by atoms with van der Waals surface area (Å²) in [7, 11) is 0. The third-order valence-electron chi connectivity index (χ3n) is 4.22. The van der Waals surface area contributed by atoms with Crippen LogP contribution in [0.1, 0.15) is 37.4 Å². The zero-order valence-corrected chi connectivity index (χ0v) is 13.9. The molecule has 0 spiro atoms. The number of rotatable bonds is 4. The lowest BCUT2D eigenvalue weighted by Gasteiger charge is -2.13. The van der Waals surface area contributed by atoms with E-state index in [4.69, 9.17) is 0 Å². The van der Waals surface area contributed by atoms with Gasteiger partial charge in [-0.1, -0.05) is 36.8 Å². The van der Waals surface area contributed by atoms with Crippen LogP contribution in [0.4, 0.5) is 4.39 Å². The van der Waals surface area contributed by atoms with Gasteiger partial charge in [-0.05, 0) is 43.2 Å². The predicted molar refractivity (Wildman–Crippen MR) is 94.2 cm³/mol. The van der Waals surface area contributed by atoms with Crippen molar-refractivity contribution in [3.63, 3.8) is 0 Å². The Balaban J connectivity index is 1.76. The maximum absolute atomic E-state index is 13.4. The van der Waals surface area contributed by atoms with Crippen molar-refractivity contribution in [1.82, 2.24) is 9.78 Å². The number of hydrogen-bond acceptors (Lipinski definition) is 2. The molecule has 0 saturated heterocycles. The molecule has 0 radical (unpaired) electrons. The normalized spacial score (nSPS) is 15.6. The van der Waals surface area contributed by atoms with Crippen molar-refractivity contribution in [2.45, 2.75) is 32.7 Å². The van der Waals surface area contributed by atoms with Gasteiger partial charge < -0.3 is 5.11 Å². The topological polar surface area (TPSA) is 38.0 Å². The van der Waals surface area contributed by atoms with Gasteiger partial charge in [0.1, 0.15) is 11.6 Å². The first-order valence-electron chi connectivity index (χ1n) is 8.10. The van der Waals surface area contributed by atoms with Gasteiger partial charge in [-0.2, -0.15) is 5.10 Å². The third-order valence-corrected chi connectivity index (χ3v) is 4.22. The molecule has 1 heterocycles. The Morgan fingerprint density at radius 1 is 1.25 bits per heavy atom. The quantitative estimate of drug-likeness (QED) is 0.875. The first kappa shape index (κ1) is 16.2. The van der Waals surface area contributed by atoms with Crippen LogP contribution >= 0.6 is 0 Å². The molecule has 0 bridgehead atoms. The minimum atomic E-state index is -0.340. The van der Waals surface area contributed by atoms with Crippen LogP contribution in [0.15, 0.2) is 60.3 Å². The largest absolute Gasteiger partial charge is 0.508 e. The minimum absolute atomic E-state index is 0.0454. The second kappa shape index (κ2) is 6.87. The third kappa shape index (κ3) is 3.65. The number of phenols is 1. The van der Waals surface area contributed by atoms with Gasteiger partial charge in [-0.3, -0.25) is 4.68 Å². The van der Waals surface area contributed by atoms with E-state index < -0.39 is 0 Å². The fourth-order valence-corrected chi connectivity index (χ4v) is 2.84. The summed E-state index contributed by atoms with van der Waals surface area (Å²) in [6, 6.07) is 6.02. The number of aromatic hydroxyl groups is 1. The van der Waals surface area contributed by atoms with E-state index >= 15 is 0 Å². The molecule has 0 amide bonds. The lowest BCUT2D eigenvalue weighted by Crippen LogP contribution is -2.07. The maximum Gasteiger partial charge on any atom is 0.123 e. The summed E-state index contributed by atoms with van der Waals surface area (Å²) in [5, 5.41) is 14.5. The number of benzene rings is 1. The molecular formula is C20H21FN2O. The van der Waals surface area contributed by atoms with Crippen LogP contribution in [0.5, 0.6) is 5.75 Å². The van der Waals surface area contributed by atoms with Crippen molar-refractivity contribution in [3.8, 4) is 5.75 Å². The van der Waals surface area contributed by atoms with Crippen LogP contribution in [0.3, 0.4) is 0 Å². The van der Waals surface area contributed by atoms with Crippen LogP contribution in [-0.2, 0) is 6.54 Å². The van der Waals surface area contributed by atoms with Crippen molar-refractivity contribution in [2.75, 3.05) is 0 Å². The molecule has 3 rings (SSSR count). The monoisotopic (exact) mass is 324 g/mol. The molecule has 1 aliphatic carbocycles. The van der Waals surface area contributed by atoms with E-state index in [1.807, 2.05) is 23.9 Å². The van der Waals surface area contributed by atoms with E-state index in [9.17, 15) is 9.50 Å². The van der Waals surface area contributed by atoms with Crippen LogP contribution in [-0.4, -0.2) is 14.9 Å². The highest BCUT2D eigenvalue weighted by Gasteiger charge is 2.13. The van der Waals surface area contributed by atoms with E-state index in [2.05, 4.69) is 36.3 Å². The summed E-state index contributed by atoms with van der Waals surface area (Å²) >= 11 is 0. The summed E-state index contributed by atoms with van der Waals surface area (Å²) in [6.45, 7) is 4.61. The standard InChI is InChI=1S/C20H21FN2O/c1-14-4-3-5-16(7-6-14)19-10-11-23(22-19)13-15(2)18-12-17(21)8-9-20(18)24/h4-12,15,24H,3,13H2,1-2H3. The average Bonchev–Trinajstić information content (AvgIpc) is 2.90. The SMILES string of the molecule is CC1=CCC=C(c2ccn(CC(C)c3cc(F)ccc3O)n2)C=C1. The summed E-state index contributed by atoms with van der Waals surface area (Å²) in [6.07, 6.45) is 11.3. The van der Waals surface area contributed by atoms with Gasteiger partial charge >= 0.3 is 0 Å². The lowest BCUT2D eigenvalue weighted by atomic mass is 10.00. The van der Waals surface area contributed by atoms with Crippen LogP contribution < -0.4 is 0 Å². The Hall–Kier alpha value is -2.62. The summed E-state index contributed by atoms with van der Waals surface area (Å²) in [4.78, 5) is 0. The second-order valence-corrected chi connectivity index (χ2v) is 6.20. The Bertz CT molecular complexity index is 830. The molecule has 1 atom stereocenters. The Morgan fingerprint density at radius 2 is 2.08 bits per heavy atom. The number of phenolic OH excluding ortho intramolecular Hbond substituents is 1. The molecule has 1 unspecified atom stereocenters. The maximum atomic E-state index is 13.4. The van der Waals surface area contributed by atoms with Gasteiger partial charge in [0.05, 0.1) is 5.69 Å². The highest BCUT2D eigenvalue weighted by atomic mass is 19.1. The molecule has 0 aliphatic heterocycles. The Kier molecular flexibility index (Phi) is 4.65. The predicted octanol–water partition coefficient (Wildman–Crippen LogP) is 4.82. The molecule has 2 aromatic rings. The van der Waals surface area contributed by atoms with E-state index in [1.165, 1.54) is 23.8 Å². The molecule has 24 heavy (non-hydrogen) atoms. The zero-order chi connectivity index (χ0) is 17.1. The average molecular weight is 324 g/mol. The fraction of sp³-hybridized carbons (Fsp3) is 0.250. The molecule has 1 aliphatic rings. The minimum Gasteiger partial charge on any atom is -0.508 e. The summed E-state index contributed by atoms with van der Waals surface area (Å²) in [5.41, 5.74) is 3.87. The number of allylic oxidation sites excluding steroid dienone is 6. The molecule has 0 fully saturated rings. The van der Waals surface area contributed by atoms with E-state index in [1.54, 1.807) is 0 Å². The van der Waals surface area contributed by atoms with Crippen molar-refractivity contribution >= 4 is 5.57 Å². The van der Waals surface area contributed by atoms with Crippen molar-refractivity contribution in [2.24, 2.45) is 0 Å². The highest BCUT2D eigenvalue weighted by Crippen LogP contribution is 2.28. The van der Waals surface area contributed by atoms with Gasteiger partial charge in [0.25, 0.3) is 0 Å². The molecule has 124 valence electrons. The van der Waals surface area contributed by atoms with Crippen LogP contribution in [0.25, 0.3) is 5.57 Å². The second-order valence-electron chi connectivity index (χ2n) is 6.20. The number of hydrogen-bond donors (Lipinski definition) is 1. The van der Waals surface area contributed by atoms with Crippen molar-refractivity contribution in [1.29, 1.82) is 0 Å². The zero-order valence-electron chi connectivity index (χ0n) is 13.9. The van der Waals surface area contributed by atoms with Gasteiger partial charge in [-0.15, -0.1) is 0 Å². The van der Waals surface area contributed by atoms with Gasteiger partial charge in [0, 0.05) is 24.2 Å². The van der Waals surface area contributed by atoms with Crippen molar-refractivity contribution in [3.05, 3.63) is 77.4 Å². The first-order valence-corrected chi connectivity index (χ1v) is 8.10. The molecule has 1 aromatic heterocycles. The van der Waals surface area contributed by atoms with Gasteiger partial charge in [0.2, 0.25) is 0 Å².